The molecule has 1 aromatic carbocycles. The van der Waals surface area contributed by atoms with E-state index in [9.17, 15) is 29.1 Å². The standard InChI is InChI=1S/C22H29N5O7/c1-11(2)19(22(33)34)27-21(32)16(8-18(29)30)26-17(28)10-25-20(31)14(23)7-12-9-24-15-6-4-3-5-13(12)15/h3-6,9,11,14,16,19,24H,7-8,10,23H2,1-2H3,(H,25,31)(H,26,28)(H,27,32)(H,29,30)(H,33,34). The number of nitrogens with one attached hydrogen (secondary N) is 4. The van der Waals surface area contributed by atoms with Crippen LogP contribution >= 0.6 is 0 Å². The van der Waals surface area contributed by atoms with Gasteiger partial charge in [0.15, 0.2) is 0 Å². The van der Waals surface area contributed by atoms with E-state index in [2.05, 4.69) is 20.9 Å². The van der Waals surface area contributed by atoms with Gasteiger partial charge >= 0.3 is 11.9 Å². The van der Waals surface area contributed by atoms with E-state index in [1.54, 1.807) is 20.0 Å². The molecule has 1 heterocycles. The third kappa shape index (κ3) is 7.30. The minimum absolute atomic E-state index is 0.216. The predicted octanol–water partition coefficient (Wildman–Crippen LogP) is -0.661. The number of rotatable bonds is 12. The minimum Gasteiger partial charge on any atom is -0.481 e. The normalized spacial score (nSPS) is 13.6. The molecule has 0 fully saturated rings. The number of aliphatic carboxylic acids is 2. The number of benzene rings is 1. The van der Waals surface area contributed by atoms with Gasteiger partial charge in [0.2, 0.25) is 17.7 Å². The van der Waals surface area contributed by atoms with Crippen LogP contribution in [0.2, 0.25) is 0 Å². The van der Waals surface area contributed by atoms with Crippen LogP contribution in [0, 0.1) is 5.92 Å². The summed E-state index contributed by atoms with van der Waals surface area (Å²) in [5.41, 5.74) is 7.69. The second kappa shape index (κ2) is 11.8. The summed E-state index contributed by atoms with van der Waals surface area (Å²) >= 11 is 0. The molecule has 2 aromatic rings. The quantitative estimate of drug-likeness (QED) is 0.209. The monoisotopic (exact) mass is 475 g/mol. The molecule has 3 atom stereocenters. The van der Waals surface area contributed by atoms with Crippen LogP contribution in [0.15, 0.2) is 30.5 Å². The van der Waals surface area contributed by atoms with Crippen LogP contribution in [-0.4, -0.2) is 69.5 Å². The lowest BCUT2D eigenvalue weighted by atomic mass is 10.0. The van der Waals surface area contributed by atoms with Crippen LogP contribution in [0.5, 0.6) is 0 Å². The average Bonchev–Trinajstić information content (AvgIpc) is 3.17. The van der Waals surface area contributed by atoms with Crippen LogP contribution < -0.4 is 21.7 Å². The number of hydrogen-bond acceptors (Lipinski definition) is 6. The molecule has 0 aliphatic heterocycles. The highest BCUT2D eigenvalue weighted by molar-refractivity contribution is 5.94. The molecule has 8 N–H and O–H groups in total. The number of carbonyl (C=O) groups is 5. The van der Waals surface area contributed by atoms with Gasteiger partial charge in [0, 0.05) is 17.1 Å². The van der Waals surface area contributed by atoms with Gasteiger partial charge in [0.1, 0.15) is 12.1 Å². The van der Waals surface area contributed by atoms with Crippen molar-refractivity contribution in [1.29, 1.82) is 0 Å². The van der Waals surface area contributed by atoms with E-state index >= 15 is 0 Å². The maximum Gasteiger partial charge on any atom is 0.326 e. The smallest absolute Gasteiger partial charge is 0.326 e. The molecule has 12 nitrogen and oxygen atoms in total. The van der Waals surface area contributed by atoms with Gasteiger partial charge in [-0.15, -0.1) is 0 Å². The molecule has 184 valence electrons. The van der Waals surface area contributed by atoms with Crippen molar-refractivity contribution < 1.29 is 34.2 Å². The zero-order valence-corrected chi connectivity index (χ0v) is 18.8. The Morgan fingerprint density at radius 1 is 1.03 bits per heavy atom. The van der Waals surface area contributed by atoms with E-state index < -0.39 is 66.7 Å². The van der Waals surface area contributed by atoms with Gasteiger partial charge in [0.05, 0.1) is 19.0 Å². The number of hydrogen-bond donors (Lipinski definition) is 7. The Balaban J connectivity index is 1.92. The summed E-state index contributed by atoms with van der Waals surface area (Å²) < 4.78 is 0. The van der Waals surface area contributed by atoms with E-state index in [0.717, 1.165) is 16.5 Å². The SMILES string of the molecule is CC(C)C(NC(=O)C(CC(=O)O)NC(=O)CNC(=O)C(N)Cc1c[nH]c2ccccc12)C(=O)O. The Hall–Kier alpha value is -3.93. The topological polar surface area (TPSA) is 204 Å². The molecule has 0 aliphatic rings. The third-order valence-corrected chi connectivity index (χ3v) is 5.14. The van der Waals surface area contributed by atoms with Crippen molar-refractivity contribution in [1.82, 2.24) is 20.9 Å². The van der Waals surface area contributed by atoms with Crippen LogP contribution in [0.4, 0.5) is 0 Å². The molecule has 0 saturated heterocycles. The number of aromatic nitrogens is 1. The summed E-state index contributed by atoms with van der Waals surface area (Å²) in [7, 11) is 0. The molecule has 0 spiro atoms. The molecule has 34 heavy (non-hydrogen) atoms. The Morgan fingerprint density at radius 2 is 1.71 bits per heavy atom. The van der Waals surface area contributed by atoms with Gasteiger partial charge in [-0.2, -0.15) is 0 Å². The number of aromatic amines is 1. The molecule has 0 aliphatic carbocycles. The second-order valence-corrected chi connectivity index (χ2v) is 8.17. The molecule has 12 heteroatoms. The van der Waals surface area contributed by atoms with Crippen molar-refractivity contribution in [3.05, 3.63) is 36.0 Å². The largest absolute Gasteiger partial charge is 0.481 e. The van der Waals surface area contributed by atoms with Crippen molar-refractivity contribution in [3.8, 4) is 0 Å². The fourth-order valence-corrected chi connectivity index (χ4v) is 3.33. The molecule has 1 aromatic heterocycles. The van der Waals surface area contributed by atoms with Crippen molar-refractivity contribution in [2.75, 3.05) is 6.54 Å². The molecular weight excluding hydrogens is 446 g/mol. The van der Waals surface area contributed by atoms with Crippen molar-refractivity contribution in [3.63, 3.8) is 0 Å². The summed E-state index contributed by atoms with van der Waals surface area (Å²) in [5.74, 6) is -5.53. The lowest BCUT2D eigenvalue weighted by molar-refractivity contribution is -0.144. The third-order valence-electron chi connectivity index (χ3n) is 5.14. The van der Waals surface area contributed by atoms with Crippen molar-refractivity contribution in [2.24, 2.45) is 11.7 Å². The minimum atomic E-state index is -1.53. The van der Waals surface area contributed by atoms with Crippen LogP contribution in [0.3, 0.4) is 0 Å². The average molecular weight is 476 g/mol. The van der Waals surface area contributed by atoms with Crippen LogP contribution in [0.25, 0.3) is 10.9 Å². The van der Waals surface area contributed by atoms with E-state index in [1.807, 2.05) is 24.3 Å². The van der Waals surface area contributed by atoms with Crippen molar-refractivity contribution in [2.45, 2.75) is 44.8 Å². The first-order valence-corrected chi connectivity index (χ1v) is 10.6. The summed E-state index contributed by atoms with van der Waals surface area (Å²) in [6.45, 7) is 2.59. The number of carbonyl (C=O) groups excluding carboxylic acids is 3. The fraction of sp³-hybridized carbons (Fsp3) is 0.409. The molecular formula is C22H29N5O7. The maximum absolute atomic E-state index is 12.4. The van der Waals surface area contributed by atoms with Gasteiger partial charge in [-0.1, -0.05) is 32.0 Å². The summed E-state index contributed by atoms with van der Waals surface area (Å²) in [4.78, 5) is 62.5. The molecule has 0 radical (unpaired) electrons. The zero-order chi connectivity index (χ0) is 25.4. The Bertz CT molecular complexity index is 1060. The summed E-state index contributed by atoms with van der Waals surface area (Å²) in [5, 5.41) is 26.0. The Morgan fingerprint density at radius 3 is 2.32 bits per heavy atom. The lowest BCUT2D eigenvalue weighted by Crippen LogP contribution is -2.55. The number of para-hydroxylation sites is 1. The number of amides is 3. The lowest BCUT2D eigenvalue weighted by Gasteiger charge is -2.22. The predicted molar refractivity (Wildman–Crippen MR) is 122 cm³/mol. The number of carboxylic acids is 2. The van der Waals surface area contributed by atoms with Gasteiger partial charge in [-0.25, -0.2) is 4.79 Å². The van der Waals surface area contributed by atoms with Gasteiger partial charge in [0.25, 0.3) is 0 Å². The highest BCUT2D eigenvalue weighted by atomic mass is 16.4. The number of fused-ring (bicyclic) bond motifs is 1. The number of nitrogens with two attached hydrogens (primary N) is 1. The van der Waals surface area contributed by atoms with Crippen LogP contribution in [0.1, 0.15) is 25.8 Å². The van der Waals surface area contributed by atoms with Crippen LogP contribution in [-0.2, 0) is 30.4 Å². The molecule has 0 saturated carbocycles. The Labute approximate surface area is 195 Å². The number of carboxylic acid groups (broad SMARTS) is 2. The summed E-state index contributed by atoms with van der Waals surface area (Å²) in [6, 6.07) is 3.77. The molecule has 0 bridgehead atoms. The highest BCUT2D eigenvalue weighted by Gasteiger charge is 2.30. The van der Waals surface area contributed by atoms with Gasteiger partial charge in [-0.3, -0.25) is 19.2 Å². The maximum atomic E-state index is 12.4. The van der Waals surface area contributed by atoms with Crippen molar-refractivity contribution >= 4 is 40.6 Å². The first-order chi connectivity index (χ1) is 16.0. The highest BCUT2D eigenvalue weighted by Crippen LogP contribution is 2.18. The number of H-pyrrole nitrogens is 1. The van der Waals surface area contributed by atoms with Gasteiger partial charge in [-0.05, 0) is 24.0 Å². The van der Waals surface area contributed by atoms with E-state index in [-0.39, 0.29) is 6.42 Å². The van der Waals surface area contributed by atoms with E-state index in [1.165, 1.54) is 0 Å². The first-order valence-electron chi connectivity index (χ1n) is 10.6. The van der Waals surface area contributed by atoms with Gasteiger partial charge < -0.3 is 36.9 Å². The second-order valence-electron chi connectivity index (χ2n) is 8.17. The molecule has 2 rings (SSSR count). The Kier molecular flexibility index (Phi) is 9.13. The molecule has 3 amide bonds. The van der Waals surface area contributed by atoms with E-state index in [0.29, 0.717) is 0 Å². The zero-order valence-electron chi connectivity index (χ0n) is 18.8. The summed E-state index contributed by atoms with van der Waals surface area (Å²) in [6.07, 6.45) is 1.20. The molecule has 3 unspecified atom stereocenters. The van der Waals surface area contributed by atoms with E-state index in [4.69, 9.17) is 10.8 Å². The fourth-order valence-electron chi connectivity index (χ4n) is 3.33. The first kappa shape index (κ1) is 26.3.